The molecule has 0 saturated heterocycles. The molecule has 1 N–H and O–H groups in total. The lowest BCUT2D eigenvalue weighted by Crippen LogP contribution is -2.53. The van der Waals surface area contributed by atoms with E-state index in [0.717, 1.165) is 27.3 Å². The van der Waals surface area contributed by atoms with E-state index in [0.29, 0.717) is 18.0 Å². The van der Waals surface area contributed by atoms with Crippen LogP contribution < -0.4 is 9.62 Å². The predicted molar refractivity (Wildman–Crippen MR) is 142 cm³/mol. The van der Waals surface area contributed by atoms with Crippen molar-refractivity contribution in [3.63, 3.8) is 0 Å². The van der Waals surface area contributed by atoms with Gasteiger partial charge in [-0.3, -0.25) is 13.9 Å². The summed E-state index contributed by atoms with van der Waals surface area (Å²) in [5.74, 6) is -0.390. The van der Waals surface area contributed by atoms with Gasteiger partial charge in [0.2, 0.25) is 21.8 Å². The third-order valence-corrected chi connectivity index (χ3v) is 6.92. The van der Waals surface area contributed by atoms with E-state index >= 15 is 0 Å². The van der Waals surface area contributed by atoms with E-state index in [4.69, 9.17) is 0 Å². The Morgan fingerprint density at radius 1 is 1.00 bits per heavy atom. The Kier molecular flexibility index (Phi) is 9.89. The van der Waals surface area contributed by atoms with Crippen molar-refractivity contribution in [2.75, 3.05) is 17.1 Å². The molecule has 2 aromatic carbocycles. The van der Waals surface area contributed by atoms with Gasteiger partial charge >= 0.3 is 0 Å². The number of sulfonamides is 1. The lowest BCUT2D eigenvalue weighted by Gasteiger charge is -2.33. The average molecular weight is 502 g/mol. The SMILES string of the molecule is CC[C@@H](C(=O)NC(C)C)N(Cc1cccc(C)c1)C(=O)CN(c1ccc(C(C)C)cc1)S(C)(=O)=O. The Bertz CT molecular complexity index is 1110. The van der Waals surface area contributed by atoms with Crippen molar-refractivity contribution in [3.05, 3.63) is 65.2 Å². The number of carbonyl (C=O) groups is 2. The monoisotopic (exact) mass is 501 g/mol. The van der Waals surface area contributed by atoms with Crippen LogP contribution in [0.5, 0.6) is 0 Å². The fourth-order valence-electron chi connectivity index (χ4n) is 3.95. The number of anilines is 1. The van der Waals surface area contributed by atoms with Crippen molar-refractivity contribution in [2.45, 2.75) is 72.5 Å². The highest BCUT2D eigenvalue weighted by Gasteiger charge is 2.32. The van der Waals surface area contributed by atoms with Crippen LogP contribution in [0.2, 0.25) is 0 Å². The van der Waals surface area contributed by atoms with Crippen molar-refractivity contribution in [3.8, 4) is 0 Å². The van der Waals surface area contributed by atoms with Gasteiger partial charge in [-0.15, -0.1) is 0 Å². The molecule has 0 aliphatic rings. The summed E-state index contributed by atoms with van der Waals surface area (Å²) in [6, 6.07) is 14.1. The van der Waals surface area contributed by atoms with Gasteiger partial charge in [0.15, 0.2) is 0 Å². The molecular weight excluding hydrogens is 462 g/mol. The van der Waals surface area contributed by atoms with Crippen molar-refractivity contribution >= 4 is 27.5 Å². The fourth-order valence-corrected chi connectivity index (χ4v) is 4.80. The standard InChI is InChI=1S/C27H39N3O4S/c1-8-25(27(32)28-20(4)5)29(17-22-11-9-10-21(6)16-22)26(31)18-30(35(7,33)34)24-14-12-23(13-15-24)19(2)3/h9-16,19-20,25H,8,17-18H2,1-7H3,(H,28,32)/t25-/m0/s1. The summed E-state index contributed by atoms with van der Waals surface area (Å²) < 4.78 is 26.5. The summed E-state index contributed by atoms with van der Waals surface area (Å²) in [6.45, 7) is 11.5. The Labute approximate surface area is 210 Å². The Morgan fingerprint density at radius 2 is 1.63 bits per heavy atom. The highest BCUT2D eigenvalue weighted by atomic mass is 32.2. The molecule has 0 unspecified atom stereocenters. The van der Waals surface area contributed by atoms with Gasteiger partial charge in [-0.1, -0.05) is 62.7 Å². The normalized spacial score (nSPS) is 12.5. The van der Waals surface area contributed by atoms with E-state index in [1.807, 2.05) is 64.1 Å². The van der Waals surface area contributed by atoms with Gasteiger partial charge < -0.3 is 10.2 Å². The van der Waals surface area contributed by atoms with Gasteiger partial charge in [0.05, 0.1) is 11.9 Å². The number of carbonyl (C=O) groups excluding carboxylic acids is 2. The summed E-state index contributed by atoms with van der Waals surface area (Å²) in [5, 5.41) is 2.89. The Morgan fingerprint density at radius 3 is 2.11 bits per heavy atom. The van der Waals surface area contributed by atoms with Crippen LogP contribution in [-0.4, -0.2) is 50.0 Å². The lowest BCUT2D eigenvalue weighted by molar-refractivity contribution is -0.140. The number of benzene rings is 2. The third-order valence-electron chi connectivity index (χ3n) is 5.78. The molecule has 0 spiro atoms. The summed E-state index contributed by atoms with van der Waals surface area (Å²) in [7, 11) is -3.75. The van der Waals surface area contributed by atoms with Crippen LogP contribution in [0.25, 0.3) is 0 Å². The van der Waals surface area contributed by atoms with Crippen LogP contribution in [0.1, 0.15) is 63.6 Å². The second-order valence-electron chi connectivity index (χ2n) is 9.61. The van der Waals surface area contributed by atoms with Crippen LogP contribution >= 0.6 is 0 Å². The Hall–Kier alpha value is -2.87. The molecule has 0 aromatic heterocycles. The number of aryl methyl sites for hydroxylation is 1. The largest absolute Gasteiger partial charge is 0.352 e. The number of hydrogen-bond donors (Lipinski definition) is 1. The Balaban J connectivity index is 2.44. The predicted octanol–water partition coefficient (Wildman–Crippen LogP) is 4.22. The fraction of sp³-hybridized carbons (Fsp3) is 0.481. The number of hydrogen-bond acceptors (Lipinski definition) is 4. The van der Waals surface area contributed by atoms with Crippen molar-refractivity contribution in [1.82, 2.24) is 10.2 Å². The quantitative estimate of drug-likeness (QED) is 0.500. The highest BCUT2D eigenvalue weighted by molar-refractivity contribution is 7.92. The smallest absolute Gasteiger partial charge is 0.244 e. The van der Waals surface area contributed by atoms with Crippen LogP contribution in [0.15, 0.2) is 48.5 Å². The van der Waals surface area contributed by atoms with Crippen molar-refractivity contribution < 1.29 is 18.0 Å². The first-order chi connectivity index (χ1) is 16.3. The van der Waals surface area contributed by atoms with Gasteiger partial charge in [0.1, 0.15) is 12.6 Å². The zero-order valence-corrected chi connectivity index (χ0v) is 22.7. The zero-order valence-electron chi connectivity index (χ0n) is 21.9. The molecule has 2 amide bonds. The van der Waals surface area contributed by atoms with E-state index in [2.05, 4.69) is 19.2 Å². The maximum absolute atomic E-state index is 13.7. The number of amides is 2. The van der Waals surface area contributed by atoms with Crippen LogP contribution in [0.3, 0.4) is 0 Å². The van der Waals surface area contributed by atoms with Crippen molar-refractivity contribution in [1.29, 1.82) is 0 Å². The van der Waals surface area contributed by atoms with E-state index in [1.54, 1.807) is 12.1 Å². The first kappa shape index (κ1) is 28.4. The number of nitrogens with zero attached hydrogens (tertiary/aromatic N) is 2. The minimum atomic E-state index is -3.75. The molecule has 0 radical (unpaired) electrons. The minimum absolute atomic E-state index is 0.0838. The summed E-state index contributed by atoms with van der Waals surface area (Å²) in [5.41, 5.74) is 3.41. The molecular formula is C27H39N3O4S. The lowest BCUT2D eigenvalue weighted by atomic mass is 10.0. The van der Waals surface area contributed by atoms with Gasteiger partial charge in [-0.2, -0.15) is 0 Å². The molecule has 0 aliphatic carbocycles. The van der Waals surface area contributed by atoms with E-state index in [1.165, 1.54) is 4.90 Å². The van der Waals surface area contributed by atoms with Gasteiger partial charge in [0, 0.05) is 12.6 Å². The molecule has 0 heterocycles. The summed E-state index contributed by atoms with van der Waals surface area (Å²) in [6.07, 6.45) is 1.49. The van der Waals surface area contributed by atoms with Crippen LogP contribution in [0, 0.1) is 6.92 Å². The first-order valence-corrected chi connectivity index (χ1v) is 13.9. The van der Waals surface area contributed by atoms with E-state index in [-0.39, 0.29) is 18.5 Å². The molecule has 0 fully saturated rings. The number of rotatable bonds is 11. The van der Waals surface area contributed by atoms with Crippen LogP contribution in [0.4, 0.5) is 5.69 Å². The molecule has 2 rings (SSSR count). The van der Waals surface area contributed by atoms with E-state index in [9.17, 15) is 18.0 Å². The maximum Gasteiger partial charge on any atom is 0.244 e. The van der Waals surface area contributed by atoms with Gasteiger partial charge in [0.25, 0.3) is 0 Å². The summed E-state index contributed by atoms with van der Waals surface area (Å²) in [4.78, 5) is 28.2. The average Bonchev–Trinajstić information content (AvgIpc) is 2.76. The molecule has 1 atom stereocenters. The minimum Gasteiger partial charge on any atom is -0.352 e. The molecule has 192 valence electrons. The molecule has 35 heavy (non-hydrogen) atoms. The molecule has 2 aromatic rings. The first-order valence-electron chi connectivity index (χ1n) is 12.1. The third kappa shape index (κ3) is 8.09. The summed E-state index contributed by atoms with van der Waals surface area (Å²) >= 11 is 0. The van der Waals surface area contributed by atoms with E-state index < -0.39 is 28.5 Å². The second-order valence-corrected chi connectivity index (χ2v) is 11.5. The molecule has 0 saturated carbocycles. The zero-order chi connectivity index (χ0) is 26.3. The second kappa shape index (κ2) is 12.2. The number of nitrogens with one attached hydrogen (secondary N) is 1. The van der Waals surface area contributed by atoms with Gasteiger partial charge in [-0.25, -0.2) is 8.42 Å². The molecule has 7 nitrogen and oxygen atoms in total. The topological polar surface area (TPSA) is 86.8 Å². The van der Waals surface area contributed by atoms with Gasteiger partial charge in [-0.05, 0) is 56.4 Å². The van der Waals surface area contributed by atoms with Crippen molar-refractivity contribution in [2.24, 2.45) is 0 Å². The van der Waals surface area contributed by atoms with Crippen LogP contribution in [-0.2, 0) is 26.2 Å². The highest BCUT2D eigenvalue weighted by Crippen LogP contribution is 2.23. The molecule has 8 heteroatoms. The maximum atomic E-state index is 13.7. The molecule has 0 aliphatic heterocycles. The molecule has 0 bridgehead atoms.